The van der Waals surface area contributed by atoms with Crippen LogP contribution in [0.15, 0.2) is 82.0 Å². The Labute approximate surface area is 297 Å². The van der Waals surface area contributed by atoms with Gasteiger partial charge in [-0.25, -0.2) is 0 Å². The molecule has 1 saturated carbocycles. The summed E-state index contributed by atoms with van der Waals surface area (Å²) < 4.78 is 5.97. The quantitative estimate of drug-likeness (QED) is 0.198. The molecule has 0 bridgehead atoms. The average molecular weight is 694 g/mol. The van der Waals surface area contributed by atoms with Gasteiger partial charge >= 0.3 is 0 Å². The number of likely N-dealkylation sites (tertiary alicyclic amines) is 2. The molecule has 3 heterocycles. The van der Waals surface area contributed by atoms with Gasteiger partial charge in [-0.2, -0.15) is 0 Å². The highest BCUT2D eigenvalue weighted by Gasteiger charge is 2.32. The molecule has 3 aromatic carbocycles. The van der Waals surface area contributed by atoms with Crippen LogP contribution in [0.2, 0.25) is 5.02 Å². The van der Waals surface area contributed by atoms with E-state index in [1.54, 1.807) is 18.2 Å². The number of hydrogen-bond acceptors (Lipinski definition) is 5. The molecule has 50 heavy (non-hydrogen) atoms. The normalized spacial score (nSPS) is 18.1. The van der Waals surface area contributed by atoms with Crippen molar-refractivity contribution in [3.63, 3.8) is 0 Å². The van der Waals surface area contributed by atoms with Crippen LogP contribution in [-0.2, 0) is 22.6 Å². The zero-order chi connectivity index (χ0) is 34.6. The number of rotatable bonds is 9. The molecule has 0 unspecified atom stereocenters. The minimum atomic E-state index is -0.872. The molecule has 4 aromatic rings. The van der Waals surface area contributed by atoms with Crippen LogP contribution < -0.4 is 10.7 Å². The Kier molecular flexibility index (Phi) is 10.4. The topological polar surface area (TPSA) is 99.9 Å². The summed E-state index contributed by atoms with van der Waals surface area (Å²) in [6.07, 6.45) is 9.05. The Bertz CT molecular complexity index is 1920. The van der Waals surface area contributed by atoms with E-state index in [-0.39, 0.29) is 35.3 Å². The van der Waals surface area contributed by atoms with Gasteiger partial charge in [0, 0.05) is 50.1 Å². The van der Waals surface area contributed by atoms with Gasteiger partial charge in [-0.05, 0) is 96.9 Å². The first kappa shape index (κ1) is 34.0. The Balaban J connectivity index is 1.06. The van der Waals surface area contributed by atoms with E-state index < -0.39 is 11.9 Å². The van der Waals surface area contributed by atoms with Crippen molar-refractivity contribution in [2.24, 2.45) is 0 Å². The highest BCUT2D eigenvalue weighted by Crippen LogP contribution is 2.35. The van der Waals surface area contributed by atoms with Gasteiger partial charge in [-0.15, -0.1) is 0 Å². The minimum absolute atomic E-state index is 0.118. The molecule has 8 nitrogen and oxygen atoms in total. The highest BCUT2D eigenvalue weighted by atomic mass is 35.5. The standard InChI is InChI=1S/C41H44ClN3O5/c42-32-15-12-27(13-16-32)23-35(43-40(48)38-25-36(46)34-24-30(14-17-37(34)50-38)28-7-1-2-8-28)41(49)44-21-18-29(19-22-44)33-10-4-3-9-31(33)26-45-20-6-5-11-39(45)47/h3-4,9-10,12-17,24-25,28-29,35H,1-2,5-8,11,18-23,26H2,(H,43,48)/t35-/m0/s1. The second kappa shape index (κ2) is 15.2. The Hall–Kier alpha value is -4.43. The predicted molar refractivity (Wildman–Crippen MR) is 194 cm³/mol. The van der Waals surface area contributed by atoms with E-state index in [4.69, 9.17) is 16.0 Å². The lowest BCUT2D eigenvalue weighted by Gasteiger charge is -2.36. The van der Waals surface area contributed by atoms with Crippen molar-refractivity contribution in [3.8, 4) is 0 Å². The molecule has 1 atom stereocenters. The number of hydrogen-bond donors (Lipinski definition) is 1. The summed E-state index contributed by atoms with van der Waals surface area (Å²) in [5.74, 6) is 0.0340. The molecular formula is C41H44ClN3O5. The van der Waals surface area contributed by atoms with Gasteiger partial charge < -0.3 is 19.5 Å². The maximum absolute atomic E-state index is 14.1. The Morgan fingerprint density at radius 1 is 0.840 bits per heavy atom. The van der Waals surface area contributed by atoms with Gasteiger partial charge in [0.2, 0.25) is 11.8 Å². The van der Waals surface area contributed by atoms with Crippen molar-refractivity contribution in [3.05, 3.63) is 116 Å². The van der Waals surface area contributed by atoms with Gasteiger partial charge in [-0.1, -0.05) is 66.9 Å². The van der Waals surface area contributed by atoms with Gasteiger partial charge in [0.05, 0.1) is 5.39 Å². The summed E-state index contributed by atoms with van der Waals surface area (Å²) in [6.45, 7) is 2.50. The molecule has 0 spiro atoms. The first-order chi connectivity index (χ1) is 24.3. The molecule has 2 aliphatic heterocycles. The molecule has 3 aliphatic rings. The summed E-state index contributed by atoms with van der Waals surface area (Å²) in [5, 5.41) is 3.96. The number of amides is 3. The van der Waals surface area contributed by atoms with Crippen LogP contribution in [0.25, 0.3) is 11.0 Å². The molecule has 2 saturated heterocycles. The summed E-state index contributed by atoms with van der Waals surface area (Å²) in [7, 11) is 0. The molecular weight excluding hydrogens is 650 g/mol. The third-order valence-corrected chi connectivity index (χ3v) is 11.1. The van der Waals surface area contributed by atoms with E-state index >= 15 is 0 Å². The van der Waals surface area contributed by atoms with E-state index in [1.165, 1.54) is 30.0 Å². The van der Waals surface area contributed by atoms with E-state index in [9.17, 15) is 19.2 Å². The molecule has 1 aliphatic carbocycles. The van der Waals surface area contributed by atoms with Gasteiger partial charge in [0.15, 0.2) is 11.2 Å². The molecule has 1 aromatic heterocycles. The number of halogens is 1. The zero-order valence-electron chi connectivity index (χ0n) is 28.4. The zero-order valence-corrected chi connectivity index (χ0v) is 29.1. The molecule has 1 N–H and O–H groups in total. The SMILES string of the molecule is O=C(N[C@@H](Cc1ccc(Cl)cc1)C(=O)N1CCC(c2ccccc2CN2CCCCC2=O)CC1)c1cc(=O)c2cc(C3CCCC3)ccc2o1. The average Bonchev–Trinajstić information content (AvgIpc) is 3.68. The molecule has 3 fully saturated rings. The number of nitrogens with one attached hydrogen (secondary N) is 1. The molecule has 7 rings (SSSR count). The number of carbonyl (C=O) groups excluding carboxylic acids is 3. The summed E-state index contributed by atoms with van der Waals surface area (Å²) in [4.78, 5) is 57.3. The fraction of sp³-hybridized carbons (Fsp3) is 0.415. The largest absolute Gasteiger partial charge is 0.451 e. The van der Waals surface area contributed by atoms with Crippen LogP contribution in [0.3, 0.4) is 0 Å². The van der Waals surface area contributed by atoms with Crippen LogP contribution in [0.5, 0.6) is 0 Å². The van der Waals surface area contributed by atoms with Crippen molar-refractivity contribution in [1.82, 2.24) is 15.1 Å². The summed E-state index contributed by atoms with van der Waals surface area (Å²) in [6, 6.07) is 21.6. The minimum Gasteiger partial charge on any atom is -0.451 e. The fourth-order valence-electron chi connectivity index (χ4n) is 8.03. The van der Waals surface area contributed by atoms with E-state index in [1.807, 2.05) is 46.2 Å². The van der Waals surface area contributed by atoms with Crippen LogP contribution in [0.1, 0.15) is 102 Å². The lowest BCUT2D eigenvalue weighted by atomic mass is 9.86. The van der Waals surface area contributed by atoms with Crippen molar-refractivity contribution < 1.29 is 18.8 Å². The van der Waals surface area contributed by atoms with Crippen LogP contribution in [0, 0.1) is 0 Å². The number of benzene rings is 3. The lowest BCUT2D eigenvalue weighted by Crippen LogP contribution is -2.51. The highest BCUT2D eigenvalue weighted by molar-refractivity contribution is 6.30. The van der Waals surface area contributed by atoms with Crippen molar-refractivity contribution in [2.75, 3.05) is 19.6 Å². The second-order valence-electron chi connectivity index (χ2n) is 14.1. The summed E-state index contributed by atoms with van der Waals surface area (Å²) >= 11 is 6.14. The molecule has 0 radical (unpaired) electrons. The number of fused-ring (bicyclic) bond motifs is 1. The number of carbonyl (C=O) groups is 3. The van der Waals surface area contributed by atoms with Crippen LogP contribution in [-0.4, -0.2) is 53.2 Å². The lowest BCUT2D eigenvalue weighted by molar-refractivity contribution is -0.135. The monoisotopic (exact) mass is 693 g/mol. The van der Waals surface area contributed by atoms with E-state index in [2.05, 4.69) is 17.4 Å². The van der Waals surface area contributed by atoms with Gasteiger partial charge in [0.25, 0.3) is 5.91 Å². The third kappa shape index (κ3) is 7.65. The summed E-state index contributed by atoms with van der Waals surface area (Å²) in [5.41, 5.74) is 4.49. The first-order valence-corrected chi connectivity index (χ1v) is 18.5. The maximum atomic E-state index is 14.1. The fourth-order valence-corrected chi connectivity index (χ4v) is 8.15. The number of piperidine rings is 2. The second-order valence-corrected chi connectivity index (χ2v) is 14.6. The Morgan fingerprint density at radius 3 is 2.36 bits per heavy atom. The first-order valence-electron chi connectivity index (χ1n) is 18.1. The van der Waals surface area contributed by atoms with Gasteiger partial charge in [-0.3, -0.25) is 19.2 Å². The van der Waals surface area contributed by atoms with E-state index in [0.717, 1.165) is 56.2 Å². The third-order valence-electron chi connectivity index (χ3n) is 10.8. The molecule has 3 amide bonds. The van der Waals surface area contributed by atoms with Crippen molar-refractivity contribution in [1.29, 1.82) is 0 Å². The smallest absolute Gasteiger partial charge is 0.287 e. The van der Waals surface area contributed by atoms with Crippen molar-refractivity contribution in [2.45, 2.75) is 88.6 Å². The van der Waals surface area contributed by atoms with Crippen LogP contribution >= 0.6 is 11.6 Å². The molecule has 260 valence electrons. The number of nitrogens with zero attached hydrogens (tertiary/aromatic N) is 2. The molecule has 9 heteroatoms. The van der Waals surface area contributed by atoms with Gasteiger partial charge in [0.1, 0.15) is 11.6 Å². The Morgan fingerprint density at radius 2 is 1.60 bits per heavy atom. The van der Waals surface area contributed by atoms with Crippen LogP contribution in [0.4, 0.5) is 0 Å². The maximum Gasteiger partial charge on any atom is 0.287 e. The van der Waals surface area contributed by atoms with Crippen molar-refractivity contribution >= 4 is 40.3 Å². The predicted octanol–water partition coefficient (Wildman–Crippen LogP) is 7.36. The van der Waals surface area contributed by atoms with E-state index in [0.29, 0.717) is 48.0 Å².